The summed E-state index contributed by atoms with van der Waals surface area (Å²) in [5.74, 6) is 0.180. The van der Waals surface area contributed by atoms with Crippen LogP contribution in [0.2, 0.25) is 0 Å². The average Bonchev–Trinajstić information content (AvgIpc) is 2.39. The molecule has 0 fully saturated rings. The lowest BCUT2D eigenvalue weighted by molar-refractivity contribution is 0.102. The fraction of sp³-hybridized carbons (Fsp3) is 0.0769. The first-order valence-corrected chi connectivity index (χ1v) is 5.34. The quantitative estimate of drug-likeness (QED) is 0.862. The second-order valence-corrected chi connectivity index (χ2v) is 3.60. The molecule has 0 spiro atoms. The monoisotopic (exact) mass is 244 g/mol. The summed E-state index contributed by atoms with van der Waals surface area (Å²) in [7, 11) is 1.54. The number of hydrogen-bond donors (Lipinski definition) is 2. The number of pyridine rings is 1. The van der Waals surface area contributed by atoms with Gasteiger partial charge in [-0.3, -0.25) is 9.59 Å². The third kappa shape index (κ3) is 2.57. The molecule has 0 aliphatic heterocycles. The van der Waals surface area contributed by atoms with Crippen LogP contribution in [0.3, 0.4) is 0 Å². The van der Waals surface area contributed by atoms with E-state index < -0.39 is 11.5 Å². The Balaban J connectivity index is 2.21. The smallest absolute Gasteiger partial charge is 0.261 e. The normalized spacial score (nSPS) is 9.83. The number of rotatable bonds is 3. The molecule has 2 rings (SSSR count). The average molecular weight is 244 g/mol. The van der Waals surface area contributed by atoms with Gasteiger partial charge in [-0.2, -0.15) is 0 Å². The van der Waals surface area contributed by atoms with Gasteiger partial charge in [-0.25, -0.2) is 0 Å². The lowest BCUT2D eigenvalue weighted by Crippen LogP contribution is -2.22. The zero-order chi connectivity index (χ0) is 13.0. The third-order valence-corrected chi connectivity index (χ3v) is 2.39. The van der Waals surface area contributed by atoms with Gasteiger partial charge in [-0.05, 0) is 24.3 Å². The van der Waals surface area contributed by atoms with Crippen LogP contribution in [-0.4, -0.2) is 18.0 Å². The Morgan fingerprint density at radius 2 is 2.11 bits per heavy atom. The number of amides is 1. The van der Waals surface area contributed by atoms with Crippen molar-refractivity contribution < 1.29 is 9.53 Å². The van der Waals surface area contributed by atoms with E-state index in [4.69, 9.17) is 4.74 Å². The molecule has 5 heteroatoms. The van der Waals surface area contributed by atoms with Crippen LogP contribution in [0.25, 0.3) is 0 Å². The summed E-state index contributed by atoms with van der Waals surface area (Å²) in [5.41, 5.74) is 0.223. The van der Waals surface area contributed by atoms with Crippen molar-refractivity contribution in [3.8, 4) is 5.75 Å². The highest BCUT2D eigenvalue weighted by atomic mass is 16.5. The number of ether oxygens (including phenoxy) is 1. The molecule has 0 atom stereocenters. The van der Waals surface area contributed by atoms with E-state index in [2.05, 4.69) is 10.3 Å². The molecule has 18 heavy (non-hydrogen) atoms. The van der Waals surface area contributed by atoms with Crippen LogP contribution in [0.4, 0.5) is 5.69 Å². The molecule has 1 aromatic carbocycles. The van der Waals surface area contributed by atoms with Gasteiger partial charge in [0.25, 0.3) is 11.5 Å². The Morgan fingerprint density at radius 1 is 1.28 bits per heavy atom. The minimum absolute atomic E-state index is 0.0697. The molecule has 0 saturated carbocycles. The van der Waals surface area contributed by atoms with Crippen LogP contribution in [0, 0.1) is 0 Å². The molecule has 5 nitrogen and oxygen atoms in total. The molecule has 0 aliphatic rings. The number of carbonyl (C=O) groups excluding carboxylic acids is 1. The Hall–Kier alpha value is -2.56. The number of hydrogen-bond acceptors (Lipinski definition) is 3. The second-order valence-electron chi connectivity index (χ2n) is 3.60. The van der Waals surface area contributed by atoms with Crippen molar-refractivity contribution in [2.45, 2.75) is 0 Å². The Morgan fingerprint density at radius 3 is 2.83 bits per heavy atom. The van der Waals surface area contributed by atoms with Crippen LogP contribution in [-0.2, 0) is 0 Å². The number of anilines is 1. The van der Waals surface area contributed by atoms with Crippen molar-refractivity contribution in [2.24, 2.45) is 0 Å². The number of benzene rings is 1. The highest BCUT2D eigenvalue weighted by molar-refractivity contribution is 6.04. The first-order valence-electron chi connectivity index (χ1n) is 5.34. The van der Waals surface area contributed by atoms with Gasteiger partial charge in [0, 0.05) is 18.0 Å². The summed E-state index contributed by atoms with van der Waals surface area (Å²) in [4.78, 5) is 25.7. The summed E-state index contributed by atoms with van der Waals surface area (Å²) in [5, 5.41) is 2.63. The zero-order valence-corrected chi connectivity index (χ0v) is 9.77. The van der Waals surface area contributed by atoms with Crippen molar-refractivity contribution in [1.82, 2.24) is 4.98 Å². The lowest BCUT2D eigenvalue weighted by Gasteiger charge is -2.06. The van der Waals surface area contributed by atoms with Crippen molar-refractivity contribution in [2.75, 3.05) is 12.4 Å². The van der Waals surface area contributed by atoms with Gasteiger partial charge in [0.05, 0.1) is 7.11 Å². The standard InChI is InChI=1S/C13H12N2O3/c1-18-10-5-2-4-9(8-10)15-13(17)11-6-3-7-14-12(11)16/h2-8H,1H3,(H,14,16)(H,15,17). The minimum Gasteiger partial charge on any atom is -0.497 e. The summed E-state index contributed by atoms with van der Waals surface area (Å²) in [6, 6.07) is 9.98. The Bertz CT molecular complexity index is 619. The van der Waals surface area contributed by atoms with Gasteiger partial charge in [-0.1, -0.05) is 6.07 Å². The fourth-order valence-corrected chi connectivity index (χ4v) is 1.50. The highest BCUT2D eigenvalue weighted by Crippen LogP contribution is 2.16. The molecule has 2 N–H and O–H groups in total. The number of carbonyl (C=O) groups is 1. The molecular formula is C13H12N2O3. The van der Waals surface area contributed by atoms with Crippen molar-refractivity contribution in [3.63, 3.8) is 0 Å². The largest absolute Gasteiger partial charge is 0.497 e. The summed E-state index contributed by atoms with van der Waals surface area (Å²) in [6.07, 6.45) is 1.48. The molecule has 1 amide bonds. The molecule has 2 aromatic rings. The van der Waals surface area contributed by atoms with Crippen molar-refractivity contribution in [1.29, 1.82) is 0 Å². The first kappa shape index (κ1) is 11.9. The molecule has 1 aromatic heterocycles. The Kier molecular flexibility index (Phi) is 3.43. The number of nitrogens with one attached hydrogen (secondary N) is 2. The van der Waals surface area contributed by atoms with Crippen molar-refractivity contribution >= 4 is 11.6 Å². The van der Waals surface area contributed by atoms with Crippen LogP contribution < -0.4 is 15.6 Å². The molecule has 0 bridgehead atoms. The van der Waals surface area contributed by atoms with Gasteiger partial charge in [-0.15, -0.1) is 0 Å². The molecule has 0 radical (unpaired) electrons. The lowest BCUT2D eigenvalue weighted by atomic mass is 10.2. The predicted molar refractivity (Wildman–Crippen MR) is 68.0 cm³/mol. The van der Waals surface area contributed by atoms with Crippen LogP contribution in [0.1, 0.15) is 10.4 Å². The second kappa shape index (κ2) is 5.18. The number of aromatic nitrogens is 1. The van der Waals surface area contributed by atoms with Gasteiger partial charge in [0.2, 0.25) is 0 Å². The van der Waals surface area contributed by atoms with Gasteiger partial charge in [0.1, 0.15) is 11.3 Å². The number of H-pyrrole nitrogens is 1. The Labute approximate surface area is 103 Å². The van der Waals surface area contributed by atoms with E-state index in [-0.39, 0.29) is 5.56 Å². The van der Waals surface area contributed by atoms with Crippen LogP contribution >= 0.6 is 0 Å². The topological polar surface area (TPSA) is 71.2 Å². The number of methoxy groups -OCH3 is 1. The van der Waals surface area contributed by atoms with Crippen LogP contribution in [0.5, 0.6) is 5.75 Å². The van der Waals surface area contributed by atoms with Gasteiger partial charge in [0.15, 0.2) is 0 Å². The maximum Gasteiger partial charge on any atom is 0.261 e. The van der Waals surface area contributed by atoms with E-state index >= 15 is 0 Å². The van der Waals surface area contributed by atoms with E-state index in [1.807, 2.05) is 0 Å². The van der Waals surface area contributed by atoms with E-state index in [0.29, 0.717) is 11.4 Å². The molecule has 0 unspecified atom stereocenters. The third-order valence-electron chi connectivity index (χ3n) is 2.39. The van der Waals surface area contributed by atoms with Gasteiger partial charge >= 0.3 is 0 Å². The zero-order valence-electron chi connectivity index (χ0n) is 9.77. The van der Waals surface area contributed by atoms with Crippen molar-refractivity contribution in [3.05, 3.63) is 58.5 Å². The fourth-order valence-electron chi connectivity index (χ4n) is 1.50. The van der Waals surface area contributed by atoms with E-state index in [9.17, 15) is 9.59 Å². The van der Waals surface area contributed by atoms with Gasteiger partial charge < -0.3 is 15.0 Å². The van der Waals surface area contributed by atoms with Crippen LogP contribution in [0.15, 0.2) is 47.4 Å². The molecular weight excluding hydrogens is 232 g/mol. The highest BCUT2D eigenvalue weighted by Gasteiger charge is 2.09. The summed E-state index contributed by atoms with van der Waals surface area (Å²) in [6.45, 7) is 0. The molecule has 92 valence electrons. The maximum absolute atomic E-state index is 11.9. The SMILES string of the molecule is COc1cccc(NC(=O)c2ccc[nH]c2=O)c1. The minimum atomic E-state index is -0.454. The number of aromatic amines is 1. The summed E-state index contributed by atoms with van der Waals surface area (Å²) < 4.78 is 5.05. The predicted octanol–water partition coefficient (Wildman–Crippen LogP) is 1.64. The molecule has 0 saturated heterocycles. The first-order chi connectivity index (χ1) is 8.70. The maximum atomic E-state index is 11.9. The molecule has 1 heterocycles. The molecule has 0 aliphatic carbocycles. The van der Waals surface area contributed by atoms with E-state index in [1.54, 1.807) is 37.4 Å². The summed E-state index contributed by atoms with van der Waals surface area (Å²) >= 11 is 0. The van der Waals surface area contributed by atoms with E-state index in [1.165, 1.54) is 12.3 Å². The van der Waals surface area contributed by atoms with E-state index in [0.717, 1.165) is 0 Å².